The molecule has 18 heavy (non-hydrogen) atoms. The highest BCUT2D eigenvalue weighted by Crippen LogP contribution is 2.13. The van der Waals surface area contributed by atoms with Crippen molar-refractivity contribution in [3.8, 4) is 0 Å². The van der Waals surface area contributed by atoms with Gasteiger partial charge in [0.2, 0.25) is 0 Å². The number of rotatable bonds is 4. The van der Waals surface area contributed by atoms with Crippen LogP contribution in [0.2, 0.25) is 0 Å². The van der Waals surface area contributed by atoms with Crippen LogP contribution in [0.25, 0.3) is 0 Å². The SMILES string of the molecule is Cn1ncc(CNc2nccnc2C(N)=O)c1N. The number of hydrogen-bond acceptors (Lipinski definition) is 6. The van der Waals surface area contributed by atoms with Gasteiger partial charge in [-0.05, 0) is 0 Å². The van der Waals surface area contributed by atoms with Gasteiger partial charge in [0.15, 0.2) is 11.5 Å². The molecule has 0 aliphatic heterocycles. The van der Waals surface area contributed by atoms with Crippen LogP contribution in [-0.4, -0.2) is 25.7 Å². The third kappa shape index (κ3) is 2.21. The van der Waals surface area contributed by atoms with Crippen LogP contribution in [0.3, 0.4) is 0 Å². The fourth-order valence-electron chi connectivity index (χ4n) is 1.46. The van der Waals surface area contributed by atoms with Crippen molar-refractivity contribution in [2.75, 3.05) is 11.1 Å². The van der Waals surface area contributed by atoms with Gasteiger partial charge in [0, 0.05) is 31.5 Å². The minimum Gasteiger partial charge on any atom is -0.384 e. The van der Waals surface area contributed by atoms with Gasteiger partial charge in [-0.3, -0.25) is 9.48 Å². The molecule has 2 rings (SSSR count). The molecule has 8 nitrogen and oxygen atoms in total. The first-order valence-corrected chi connectivity index (χ1v) is 5.20. The third-order valence-electron chi connectivity index (χ3n) is 2.44. The van der Waals surface area contributed by atoms with Gasteiger partial charge in [-0.15, -0.1) is 0 Å². The van der Waals surface area contributed by atoms with Crippen molar-refractivity contribution < 1.29 is 4.79 Å². The number of primary amides is 1. The summed E-state index contributed by atoms with van der Waals surface area (Å²) >= 11 is 0. The van der Waals surface area contributed by atoms with E-state index in [0.29, 0.717) is 18.2 Å². The zero-order valence-electron chi connectivity index (χ0n) is 9.79. The molecule has 8 heteroatoms. The molecule has 2 aromatic rings. The monoisotopic (exact) mass is 247 g/mol. The number of aromatic nitrogens is 4. The Bertz CT molecular complexity index is 577. The molecule has 0 unspecified atom stereocenters. The minimum atomic E-state index is -0.634. The molecule has 0 saturated carbocycles. The lowest BCUT2D eigenvalue weighted by Gasteiger charge is -2.07. The Morgan fingerprint density at radius 1 is 1.44 bits per heavy atom. The van der Waals surface area contributed by atoms with Gasteiger partial charge >= 0.3 is 0 Å². The summed E-state index contributed by atoms with van der Waals surface area (Å²) in [4.78, 5) is 19.0. The van der Waals surface area contributed by atoms with Crippen molar-refractivity contribution in [3.63, 3.8) is 0 Å². The first-order valence-electron chi connectivity index (χ1n) is 5.20. The Labute approximate surface area is 103 Å². The molecule has 0 spiro atoms. The van der Waals surface area contributed by atoms with Gasteiger partial charge in [0.25, 0.3) is 5.91 Å². The number of nitrogens with one attached hydrogen (secondary N) is 1. The molecule has 1 amide bonds. The van der Waals surface area contributed by atoms with E-state index in [2.05, 4.69) is 20.4 Å². The summed E-state index contributed by atoms with van der Waals surface area (Å²) in [5.74, 6) is 0.241. The summed E-state index contributed by atoms with van der Waals surface area (Å²) in [6.45, 7) is 0.388. The van der Waals surface area contributed by atoms with E-state index in [0.717, 1.165) is 5.56 Å². The third-order valence-corrected chi connectivity index (χ3v) is 2.44. The van der Waals surface area contributed by atoms with Crippen molar-refractivity contribution in [1.29, 1.82) is 0 Å². The number of nitrogens with two attached hydrogens (primary N) is 2. The number of nitrogen functional groups attached to an aromatic ring is 1. The van der Waals surface area contributed by atoms with Crippen LogP contribution in [0, 0.1) is 0 Å². The van der Waals surface area contributed by atoms with Crippen molar-refractivity contribution in [3.05, 3.63) is 29.8 Å². The molecule has 0 bridgehead atoms. The number of amides is 1. The minimum absolute atomic E-state index is 0.0972. The van der Waals surface area contributed by atoms with Crippen LogP contribution >= 0.6 is 0 Å². The molecule has 2 heterocycles. The normalized spacial score (nSPS) is 10.3. The van der Waals surface area contributed by atoms with Gasteiger partial charge in [0.1, 0.15) is 5.82 Å². The highest BCUT2D eigenvalue weighted by Gasteiger charge is 2.11. The lowest BCUT2D eigenvalue weighted by molar-refractivity contribution is 0.0996. The van der Waals surface area contributed by atoms with E-state index in [9.17, 15) is 4.79 Å². The smallest absolute Gasteiger partial charge is 0.271 e. The number of anilines is 2. The molecular weight excluding hydrogens is 234 g/mol. The van der Waals surface area contributed by atoms with E-state index in [-0.39, 0.29) is 5.69 Å². The Hall–Kier alpha value is -2.64. The molecule has 0 aliphatic carbocycles. The summed E-state index contributed by atoms with van der Waals surface area (Å²) in [7, 11) is 1.75. The van der Waals surface area contributed by atoms with Crippen LogP contribution in [0.15, 0.2) is 18.6 Å². The first kappa shape index (κ1) is 11.8. The molecular formula is C10H13N7O. The summed E-state index contributed by atoms with van der Waals surface area (Å²) in [5, 5.41) is 6.97. The second-order valence-electron chi connectivity index (χ2n) is 3.65. The molecule has 2 aromatic heterocycles. The van der Waals surface area contributed by atoms with Crippen molar-refractivity contribution >= 4 is 17.5 Å². The van der Waals surface area contributed by atoms with Crippen LogP contribution in [0.4, 0.5) is 11.6 Å². The van der Waals surface area contributed by atoms with E-state index in [1.165, 1.54) is 12.4 Å². The highest BCUT2D eigenvalue weighted by molar-refractivity contribution is 5.95. The van der Waals surface area contributed by atoms with Crippen LogP contribution in [0.1, 0.15) is 16.1 Å². The standard InChI is InChI=1S/C10H13N7O/c1-17-8(11)6(5-16-17)4-15-10-7(9(12)18)13-2-3-14-10/h2-3,5H,4,11H2,1H3,(H2,12,18)(H,14,15). The van der Waals surface area contributed by atoms with Crippen LogP contribution in [0.5, 0.6) is 0 Å². The number of carbonyl (C=O) groups excluding carboxylic acids is 1. The van der Waals surface area contributed by atoms with Gasteiger partial charge in [0.05, 0.1) is 6.20 Å². The molecule has 0 aromatic carbocycles. The number of nitrogens with zero attached hydrogens (tertiary/aromatic N) is 4. The average molecular weight is 247 g/mol. The molecule has 0 atom stereocenters. The van der Waals surface area contributed by atoms with E-state index >= 15 is 0 Å². The fraction of sp³-hybridized carbons (Fsp3) is 0.200. The maximum absolute atomic E-state index is 11.1. The Balaban J connectivity index is 2.16. The fourth-order valence-corrected chi connectivity index (χ4v) is 1.46. The molecule has 94 valence electrons. The van der Waals surface area contributed by atoms with Gasteiger partial charge in [-0.2, -0.15) is 5.10 Å². The predicted molar refractivity (Wildman–Crippen MR) is 65.5 cm³/mol. The first-order chi connectivity index (χ1) is 8.59. The molecule has 0 radical (unpaired) electrons. The Kier molecular flexibility index (Phi) is 3.09. The van der Waals surface area contributed by atoms with E-state index in [1.807, 2.05) is 0 Å². The van der Waals surface area contributed by atoms with Crippen molar-refractivity contribution in [2.45, 2.75) is 6.54 Å². The maximum Gasteiger partial charge on any atom is 0.271 e. The van der Waals surface area contributed by atoms with E-state index in [4.69, 9.17) is 11.5 Å². The lowest BCUT2D eigenvalue weighted by atomic mass is 10.3. The lowest BCUT2D eigenvalue weighted by Crippen LogP contribution is -2.17. The topological polar surface area (TPSA) is 125 Å². The molecule has 0 aliphatic rings. The van der Waals surface area contributed by atoms with E-state index < -0.39 is 5.91 Å². The Morgan fingerprint density at radius 3 is 2.78 bits per heavy atom. The number of carbonyl (C=O) groups is 1. The molecule has 0 fully saturated rings. The second-order valence-corrected chi connectivity index (χ2v) is 3.65. The zero-order valence-corrected chi connectivity index (χ0v) is 9.79. The Morgan fingerprint density at radius 2 is 2.17 bits per heavy atom. The van der Waals surface area contributed by atoms with Gasteiger partial charge < -0.3 is 16.8 Å². The summed E-state index contributed by atoms with van der Waals surface area (Å²) in [5.41, 5.74) is 11.9. The van der Waals surface area contributed by atoms with Crippen molar-refractivity contribution in [1.82, 2.24) is 19.7 Å². The largest absolute Gasteiger partial charge is 0.384 e. The van der Waals surface area contributed by atoms with Crippen LogP contribution in [-0.2, 0) is 13.6 Å². The summed E-state index contributed by atoms with van der Waals surface area (Å²) in [6, 6.07) is 0. The van der Waals surface area contributed by atoms with Gasteiger partial charge in [-0.25, -0.2) is 9.97 Å². The molecule has 5 N–H and O–H groups in total. The van der Waals surface area contributed by atoms with Crippen molar-refractivity contribution in [2.24, 2.45) is 12.8 Å². The predicted octanol–water partition coefficient (Wildman–Crippen LogP) is -0.497. The van der Waals surface area contributed by atoms with Gasteiger partial charge in [-0.1, -0.05) is 0 Å². The summed E-state index contributed by atoms with van der Waals surface area (Å²) in [6.07, 6.45) is 4.52. The summed E-state index contributed by atoms with van der Waals surface area (Å²) < 4.78 is 1.56. The molecule has 0 saturated heterocycles. The quantitative estimate of drug-likeness (QED) is 0.669. The second kappa shape index (κ2) is 4.70. The number of aryl methyl sites for hydroxylation is 1. The maximum atomic E-state index is 11.1. The van der Waals surface area contributed by atoms with E-state index in [1.54, 1.807) is 17.9 Å². The highest BCUT2D eigenvalue weighted by atomic mass is 16.1. The average Bonchev–Trinajstić information content (AvgIpc) is 2.68. The number of hydrogen-bond donors (Lipinski definition) is 3. The zero-order chi connectivity index (χ0) is 13.1. The van der Waals surface area contributed by atoms with Crippen LogP contribution < -0.4 is 16.8 Å².